The highest BCUT2D eigenvalue weighted by Crippen LogP contribution is 2.20. The Labute approximate surface area is 154 Å². The van der Waals surface area contributed by atoms with Gasteiger partial charge in [-0.15, -0.1) is 0 Å². The molecule has 0 radical (unpaired) electrons. The van der Waals surface area contributed by atoms with Crippen LogP contribution in [0.4, 0.5) is 11.5 Å². The van der Waals surface area contributed by atoms with Crippen molar-refractivity contribution in [3.63, 3.8) is 0 Å². The van der Waals surface area contributed by atoms with Crippen molar-refractivity contribution in [2.75, 3.05) is 5.32 Å². The van der Waals surface area contributed by atoms with Crippen molar-refractivity contribution in [2.45, 2.75) is 13.5 Å². The summed E-state index contributed by atoms with van der Waals surface area (Å²) in [6, 6.07) is 14.9. The number of hydrogen-bond acceptors (Lipinski definition) is 4. The van der Waals surface area contributed by atoms with E-state index in [1.165, 1.54) is 18.2 Å². The summed E-state index contributed by atoms with van der Waals surface area (Å²) in [6.07, 6.45) is 0. The molecule has 0 aliphatic carbocycles. The van der Waals surface area contributed by atoms with Crippen LogP contribution in [-0.2, 0) is 6.54 Å². The van der Waals surface area contributed by atoms with E-state index < -0.39 is 10.8 Å². The van der Waals surface area contributed by atoms with Gasteiger partial charge in [0.1, 0.15) is 5.56 Å². The fraction of sp³-hybridized carbons (Fsp3) is 0.111. The molecule has 0 unspecified atom stereocenters. The number of nitrogens with one attached hydrogen (secondary N) is 1. The highest BCUT2D eigenvalue weighted by Gasteiger charge is 2.20. The second-order valence-corrected chi connectivity index (χ2v) is 6.12. The second-order valence-electron chi connectivity index (χ2n) is 5.68. The number of para-hydroxylation sites is 1. The van der Waals surface area contributed by atoms with Gasteiger partial charge in [-0.2, -0.15) is 5.10 Å². The number of rotatable bonds is 5. The Morgan fingerprint density at radius 1 is 1.23 bits per heavy atom. The zero-order chi connectivity index (χ0) is 18.7. The maximum atomic E-state index is 12.4. The zero-order valence-corrected chi connectivity index (χ0v) is 14.6. The Morgan fingerprint density at radius 3 is 2.62 bits per heavy atom. The highest BCUT2D eigenvalue weighted by atomic mass is 35.5. The molecule has 1 aromatic heterocycles. The fourth-order valence-electron chi connectivity index (χ4n) is 2.50. The van der Waals surface area contributed by atoms with E-state index in [2.05, 4.69) is 10.4 Å². The monoisotopic (exact) mass is 370 g/mol. The number of anilines is 1. The first-order valence-corrected chi connectivity index (χ1v) is 8.15. The molecule has 132 valence electrons. The number of nitro benzene ring substituents is 1. The van der Waals surface area contributed by atoms with Crippen molar-refractivity contribution in [3.8, 4) is 0 Å². The first kappa shape index (κ1) is 17.6. The summed E-state index contributed by atoms with van der Waals surface area (Å²) < 4.78 is 1.73. The van der Waals surface area contributed by atoms with Crippen LogP contribution in [0.1, 0.15) is 21.6 Å². The van der Waals surface area contributed by atoms with Crippen molar-refractivity contribution in [1.82, 2.24) is 9.78 Å². The summed E-state index contributed by atoms with van der Waals surface area (Å²) in [5.41, 5.74) is 1.60. The van der Waals surface area contributed by atoms with E-state index in [1.807, 2.05) is 19.1 Å². The van der Waals surface area contributed by atoms with E-state index in [9.17, 15) is 14.9 Å². The molecule has 0 aliphatic heterocycles. The Bertz CT molecular complexity index is 967. The number of nitro groups is 1. The molecule has 26 heavy (non-hydrogen) atoms. The molecule has 1 amide bonds. The van der Waals surface area contributed by atoms with Gasteiger partial charge >= 0.3 is 0 Å². The minimum atomic E-state index is -0.584. The number of aryl methyl sites for hydroxylation is 1. The molecule has 1 N–H and O–H groups in total. The molecule has 0 saturated carbocycles. The Balaban J connectivity index is 1.78. The van der Waals surface area contributed by atoms with Crippen LogP contribution in [0, 0.1) is 17.0 Å². The molecule has 3 rings (SSSR count). The van der Waals surface area contributed by atoms with E-state index in [4.69, 9.17) is 11.6 Å². The predicted octanol–water partition coefficient (Wildman–Crippen LogP) is 4.05. The number of carbonyl (C=O) groups excluding carboxylic acids is 1. The van der Waals surface area contributed by atoms with Gasteiger partial charge in [-0.3, -0.25) is 19.6 Å². The van der Waals surface area contributed by atoms with E-state index in [1.54, 1.807) is 28.9 Å². The van der Waals surface area contributed by atoms with E-state index in [-0.39, 0.29) is 11.3 Å². The minimum absolute atomic E-state index is 0.0117. The van der Waals surface area contributed by atoms with Gasteiger partial charge in [0, 0.05) is 22.8 Å². The maximum Gasteiger partial charge on any atom is 0.282 e. The van der Waals surface area contributed by atoms with Gasteiger partial charge in [0.25, 0.3) is 11.6 Å². The first-order valence-electron chi connectivity index (χ1n) is 7.77. The van der Waals surface area contributed by atoms with Crippen LogP contribution in [0.25, 0.3) is 0 Å². The van der Waals surface area contributed by atoms with Crippen LogP contribution in [0.5, 0.6) is 0 Å². The van der Waals surface area contributed by atoms with Gasteiger partial charge in [-0.25, -0.2) is 0 Å². The Hall–Kier alpha value is -3.19. The van der Waals surface area contributed by atoms with Gasteiger partial charge in [-0.1, -0.05) is 35.9 Å². The lowest BCUT2D eigenvalue weighted by molar-refractivity contribution is -0.385. The SMILES string of the molecule is Cc1cc(NC(=O)c2ccccc2[N+](=O)[O-])nn1Cc1ccc(Cl)cc1. The topological polar surface area (TPSA) is 90.1 Å². The normalized spacial score (nSPS) is 10.5. The summed E-state index contributed by atoms with van der Waals surface area (Å²) >= 11 is 5.88. The smallest absolute Gasteiger partial charge is 0.282 e. The molecule has 7 nitrogen and oxygen atoms in total. The molecule has 0 saturated heterocycles. The number of carbonyl (C=O) groups is 1. The summed E-state index contributed by atoms with van der Waals surface area (Å²) in [4.78, 5) is 22.9. The largest absolute Gasteiger partial charge is 0.305 e. The van der Waals surface area contributed by atoms with Crippen LogP contribution < -0.4 is 5.32 Å². The first-order chi connectivity index (χ1) is 12.4. The number of nitrogens with zero attached hydrogens (tertiary/aromatic N) is 3. The molecule has 0 fully saturated rings. The second kappa shape index (κ2) is 7.37. The molecule has 1 heterocycles. The maximum absolute atomic E-state index is 12.4. The lowest BCUT2D eigenvalue weighted by Crippen LogP contribution is -2.14. The third-order valence-corrected chi connectivity index (χ3v) is 4.07. The fourth-order valence-corrected chi connectivity index (χ4v) is 2.63. The number of halogens is 1. The van der Waals surface area contributed by atoms with Crippen LogP contribution in [0.2, 0.25) is 5.02 Å². The summed E-state index contributed by atoms with van der Waals surface area (Å²) in [5.74, 6) is -0.243. The lowest BCUT2D eigenvalue weighted by atomic mass is 10.1. The van der Waals surface area contributed by atoms with Gasteiger partial charge in [0.15, 0.2) is 5.82 Å². The summed E-state index contributed by atoms with van der Waals surface area (Å²) in [7, 11) is 0. The van der Waals surface area contributed by atoms with Crippen LogP contribution in [0.15, 0.2) is 54.6 Å². The summed E-state index contributed by atoms with van der Waals surface area (Å²) in [5, 5.41) is 18.7. The number of aromatic nitrogens is 2. The minimum Gasteiger partial charge on any atom is -0.305 e. The van der Waals surface area contributed by atoms with Crippen molar-refractivity contribution < 1.29 is 9.72 Å². The van der Waals surface area contributed by atoms with Crippen molar-refractivity contribution in [3.05, 3.63) is 86.6 Å². The van der Waals surface area contributed by atoms with E-state index >= 15 is 0 Å². The third kappa shape index (κ3) is 3.89. The third-order valence-electron chi connectivity index (χ3n) is 3.81. The number of amides is 1. The lowest BCUT2D eigenvalue weighted by Gasteiger charge is -2.05. The predicted molar refractivity (Wildman–Crippen MR) is 98.6 cm³/mol. The molecule has 3 aromatic rings. The highest BCUT2D eigenvalue weighted by molar-refractivity contribution is 6.30. The zero-order valence-electron chi connectivity index (χ0n) is 13.8. The quantitative estimate of drug-likeness (QED) is 0.541. The van der Waals surface area contributed by atoms with Crippen LogP contribution in [0.3, 0.4) is 0 Å². The molecule has 0 aliphatic rings. The Morgan fingerprint density at radius 2 is 1.92 bits per heavy atom. The van der Waals surface area contributed by atoms with Crippen molar-refractivity contribution >= 4 is 29.0 Å². The van der Waals surface area contributed by atoms with Crippen LogP contribution >= 0.6 is 11.6 Å². The molecular formula is C18H15ClN4O3. The van der Waals surface area contributed by atoms with Crippen molar-refractivity contribution in [1.29, 1.82) is 0 Å². The van der Waals surface area contributed by atoms with Gasteiger partial charge < -0.3 is 5.32 Å². The van der Waals surface area contributed by atoms with E-state index in [0.717, 1.165) is 11.3 Å². The van der Waals surface area contributed by atoms with Crippen molar-refractivity contribution in [2.24, 2.45) is 0 Å². The number of benzene rings is 2. The Kier molecular flexibility index (Phi) is 4.99. The average molecular weight is 371 g/mol. The van der Waals surface area contributed by atoms with Gasteiger partial charge in [0.05, 0.1) is 11.5 Å². The molecule has 2 aromatic carbocycles. The number of hydrogen-bond donors (Lipinski definition) is 1. The van der Waals surface area contributed by atoms with Gasteiger partial charge in [0.2, 0.25) is 0 Å². The molecule has 8 heteroatoms. The van der Waals surface area contributed by atoms with Crippen LogP contribution in [-0.4, -0.2) is 20.6 Å². The molecular weight excluding hydrogens is 356 g/mol. The molecule has 0 bridgehead atoms. The standard InChI is InChI=1S/C18H15ClN4O3/c1-12-10-17(21-22(12)11-13-6-8-14(19)9-7-13)20-18(24)15-4-2-3-5-16(15)23(25)26/h2-10H,11H2,1H3,(H,20,21,24). The molecule has 0 atom stereocenters. The summed E-state index contributed by atoms with van der Waals surface area (Å²) in [6.45, 7) is 2.38. The average Bonchev–Trinajstić information content (AvgIpc) is 2.96. The van der Waals surface area contributed by atoms with Gasteiger partial charge in [-0.05, 0) is 30.7 Å². The molecule has 0 spiro atoms. The van der Waals surface area contributed by atoms with E-state index in [0.29, 0.717) is 17.4 Å².